The summed E-state index contributed by atoms with van der Waals surface area (Å²) in [6.45, 7) is 12.4. The fourth-order valence-electron chi connectivity index (χ4n) is 6.26. The van der Waals surface area contributed by atoms with Crippen LogP contribution < -0.4 is 4.74 Å². The van der Waals surface area contributed by atoms with E-state index in [2.05, 4.69) is 25.4 Å². The van der Waals surface area contributed by atoms with E-state index in [1.165, 1.54) is 11.8 Å². The molecule has 154 valence electrons. The van der Waals surface area contributed by atoms with Crippen LogP contribution in [0.2, 0.25) is 0 Å². The molecule has 5 heteroatoms. The summed E-state index contributed by atoms with van der Waals surface area (Å²) in [4.78, 5) is 3.78. The zero-order valence-electron chi connectivity index (χ0n) is 17.2. The van der Waals surface area contributed by atoms with E-state index in [-0.39, 0.29) is 29.0 Å². The molecule has 4 rings (SSSR count). The molecule has 2 saturated carbocycles. The zero-order chi connectivity index (χ0) is 19.9. The van der Waals surface area contributed by atoms with E-state index in [0.717, 1.165) is 38.7 Å². The van der Waals surface area contributed by atoms with Crippen LogP contribution in [0.1, 0.15) is 52.9 Å². The molecular weight excluding hydrogens is 357 g/mol. The van der Waals surface area contributed by atoms with Crippen molar-refractivity contribution in [2.75, 3.05) is 13.2 Å². The van der Waals surface area contributed by atoms with Gasteiger partial charge in [-0.1, -0.05) is 26.0 Å². The van der Waals surface area contributed by atoms with E-state index < -0.39 is 5.82 Å². The first kappa shape index (κ1) is 19.8. The van der Waals surface area contributed by atoms with Crippen LogP contribution in [0.3, 0.4) is 0 Å². The molecule has 4 nitrogen and oxygen atoms in total. The minimum atomic E-state index is -0.410. The number of hydrogen-bond acceptors (Lipinski definition) is 4. The molecule has 0 N–H and O–H groups in total. The lowest BCUT2D eigenvalue weighted by Crippen LogP contribution is -2.61. The minimum absolute atomic E-state index is 0.0382. The predicted molar refractivity (Wildman–Crippen MR) is 105 cm³/mol. The molecular formula is C23H32FNO3. The second-order valence-corrected chi connectivity index (χ2v) is 9.30. The lowest BCUT2D eigenvalue weighted by molar-refractivity contribution is -0.297. The highest BCUT2D eigenvalue weighted by Crippen LogP contribution is 2.63. The number of ether oxygens (including phenoxy) is 3. The summed E-state index contributed by atoms with van der Waals surface area (Å²) in [5.41, 5.74) is 1.50. The van der Waals surface area contributed by atoms with Crippen LogP contribution in [-0.4, -0.2) is 30.6 Å². The van der Waals surface area contributed by atoms with E-state index in [0.29, 0.717) is 18.4 Å². The summed E-state index contributed by atoms with van der Waals surface area (Å²) in [6.07, 6.45) is 8.11. The lowest BCUT2D eigenvalue weighted by atomic mass is 9.46. The highest BCUT2D eigenvalue weighted by molar-refractivity contribution is 5.20. The minimum Gasteiger partial charge on any atom is -0.490 e. The van der Waals surface area contributed by atoms with Crippen molar-refractivity contribution in [3.05, 3.63) is 36.4 Å². The number of nitrogens with zero attached hydrogens (tertiary/aromatic N) is 1. The van der Waals surface area contributed by atoms with Crippen molar-refractivity contribution < 1.29 is 18.6 Å². The van der Waals surface area contributed by atoms with Crippen molar-refractivity contribution in [2.45, 2.75) is 65.3 Å². The standard InChI is InChI=1S/C23H32FNO3/c1-15-5-6-20-22(3,10-7-21-23(20,4)14-27-16(2)28-21)17(15)9-12-26-19-8-11-25-13-18(19)24/h8,11,13,16-17,20-21H,1,5-7,9-10,12,14H2,2-4H3/t16-,17-,20?,21-,22+,23+/m1/s1. The number of fused-ring (bicyclic) bond motifs is 3. The maximum Gasteiger partial charge on any atom is 0.183 e. The average molecular weight is 390 g/mol. The Hall–Kier alpha value is -1.46. The highest BCUT2D eigenvalue weighted by Gasteiger charge is 2.59. The highest BCUT2D eigenvalue weighted by atomic mass is 19.1. The van der Waals surface area contributed by atoms with E-state index in [4.69, 9.17) is 14.2 Å². The van der Waals surface area contributed by atoms with E-state index in [1.54, 1.807) is 12.3 Å². The van der Waals surface area contributed by atoms with E-state index >= 15 is 0 Å². The number of aromatic nitrogens is 1. The van der Waals surface area contributed by atoms with Gasteiger partial charge in [-0.15, -0.1) is 0 Å². The van der Waals surface area contributed by atoms with Gasteiger partial charge in [0.05, 0.1) is 25.5 Å². The number of hydrogen-bond donors (Lipinski definition) is 0. The normalized spacial score (nSPS) is 40.5. The summed E-state index contributed by atoms with van der Waals surface area (Å²) in [5.74, 6) is 0.761. The van der Waals surface area contributed by atoms with Gasteiger partial charge in [-0.05, 0) is 56.3 Å². The van der Waals surface area contributed by atoms with Crippen LogP contribution in [-0.2, 0) is 9.47 Å². The molecule has 0 aromatic carbocycles. The van der Waals surface area contributed by atoms with Crippen LogP contribution in [0.5, 0.6) is 5.75 Å². The van der Waals surface area contributed by atoms with Crippen LogP contribution in [0.15, 0.2) is 30.6 Å². The average Bonchev–Trinajstić information content (AvgIpc) is 2.66. The Morgan fingerprint density at radius 2 is 2.14 bits per heavy atom. The van der Waals surface area contributed by atoms with Gasteiger partial charge in [0.25, 0.3) is 0 Å². The van der Waals surface area contributed by atoms with Crippen LogP contribution in [0, 0.1) is 28.5 Å². The molecule has 1 aliphatic heterocycles. The Morgan fingerprint density at radius 3 is 2.93 bits per heavy atom. The SMILES string of the molecule is C=C1CCC2[C@]3(C)CO[C@@H](C)O[C@@H]3CC[C@@]2(C)[C@@H]1CCOc1ccncc1F. The Bertz CT molecular complexity index is 740. The molecule has 2 heterocycles. The zero-order valence-corrected chi connectivity index (χ0v) is 17.2. The molecule has 0 spiro atoms. The summed E-state index contributed by atoms with van der Waals surface area (Å²) in [5, 5.41) is 0. The molecule has 1 aromatic heterocycles. The van der Waals surface area contributed by atoms with Crippen molar-refractivity contribution in [2.24, 2.45) is 22.7 Å². The third-order valence-electron chi connectivity index (χ3n) is 7.70. The first-order chi connectivity index (χ1) is 13.3. The predicted octanol–water partition coefficient (Wildman–Crippen LogP) is 5.14. The smallest absolute Gasteiger partial charge is 0.183 e. The van der Waals surface area contributed by atoms with Gasteiger partial charge < -0.3 is 14.2 Å². The number of rotatable bonds is 4. The second kappa shape index (κ2) is 7.42. The Morgan fingerprint density at radius 1 is 1.32 bits per heavy atom. The molecule has 1 unspecified atom stereocenters. The van der Waals surface area contributed by atoms with Crippen molar-refractivity contribution in [3.8, 4) is 5.75 Å². The van der Waals surface area contributed by atoms with Gasteiger partial charge in [0.2, 0.25) is 0 Å². The van der Waals surface area contributed by atoms with Crippen LogP contribution in [0.4, 0.5) is 4.39 Å². The first-order valence-corrected chi connectivity index (χ1v) is 10.5. The molecule has 1 aromatic rings. The monoisotopic (exact) mass is 389 g/mol. The number of pyridine rings is 1. The summed E-state index contributed by atoms with van der Waals surface area (Å²) in [7, 11) is 0. The molecule has 0 bridgehead atoms. The van der Waals surface area contributed by atoms with Crippen LogP contribution >= 0.6 is 0 Å². The van der Waals surface area contributed by atoms with Crippen molar-refractivity contribution in [3.63, 3.8) is 0 Å². The van der Waals surface area contributed by atoms with Gasteiger partial charge in [-0.25, -0.2) is 4.39 Å². The third kappa shape index (κ3) is 3.26. The topological polar surface area (TPSA) is 40.6 Å². The molecule has 0 amide bonds. The largest absolute Gasteiger partial charge is 0.490 e. The lowest BCUT2D eigenvalue weighted by Gasteiger charge is -2.62. The van der Waals surface area contributed by atoms with Crippen molar-refractivity contribution in [1.82, 2.24) is 4.98 Å². The maximum atomic E-state index is 13.8. The number of halogens is 1. The van der Waals surface area contributed by atoms with Gasteiger partial charge in [0.1, 0.15) is 0 Å². The van der Waals surface area contributed by atoms with Crippen LogP contribution in [0.25, 0.3) is 0 Å². The van der Waals surface area contributed by atoms with Gasteiger partial charge >= 0.3 is 0 Å². The molecule has 6 atom stereocenters. The summed E-state index contributed by atoms with van der Waals surface area (Å²) in [6, 6.07) is 1.58. The molecule has 3 aliphatic rings. The van der Waals surface area contributed by atoms with E-state index in [1.807, 2.05) is 6.92 Å². The quantitative estimate of drug-likeness (QED) is 0.669. The van der Waals surface area contributed by atoms with Gasteiger partial charge in [0, 0.05) is 17.7 Å². The third-order valence-corrected chi connectivity index (χ3v) is 7.70. The Labute approximate surface area is 167 Å². The fraction of sp³-hybridized carbons (Fsp3) is 0.696. The van der Waals surface area contributed by atoms with Gasteiger partial charge in [-0.2, -0.15) is 0 Å². The fourth-order valence-corrected chi connectivity index (χ4v) is 6.26. The maximum absolute atomic E-state index is 13.8. The van der Waals surface area contributed by atoms with Gasteiger partial charge in [0.15, 0.2) is 17.9 Å². The Balaban J connectivity index is 1.50. The second-order valence-electron chi connectivity index (χ2n) is 9.30. The molecule has 2 aliphatic carbocycles. The summed E-state index contributed by atoms with van der Waals surface area (Å²) >= 11 is 0. The van der Waals surface area contributed by atoms with Crippen molar-refractivity contribution in [1.29, 1.82) is 0 Å². The molecule has 3 fully saturated rings. The number of allylic oxidation sites excluding steroid dienone is 1. The van der Waals surface area contributed by atoms with E-state index in [9.17, 15) is 4.39 Å². The molecule has 1 saturated heterocycles. The van der Waals surface area contributed by atoms with Crippen molar-refractivity contribution >= 4 is 0 Å². The van der Waals surface area contributed by atoms with Gasteiger partial charge in [-0.3, -0.25) is 4.98 Å². The molecule has 28 heavy (non-hydrogen) atoms. The molecule has 0 radical (unpaired) electrons. The first-order valence-electron chi connectivity index (χ1n) is 10.5. The summed E-state index contributed by atoms with van der Waals surface area (Å²) < 4.78 is 31.7. The Kier molecular flexibility index (Phi) is 5.25.